The maximum absolute atomic E-state index is 12.6. The van der Waals surface area contributed by atoms with Crippen LogP contribution in [0.4, 0.5) is 0 Å². The third kappa shape index (κ3) is 2.59. The molecule has 3 nitrogen and oxygen atoms in total. The highest BCUT2D eigenvalue weighted by Crippen LogP contribution is 2.22. The lowest BCUT2D eigenvalue weighted by molar-refractivity contribution is -0.00284. The molecule has 1 aliphatic heterocycles. The van der Waals surface area contributed by atoms with Crippen LogP contribution in [0.2, 0.25) is 0 Å². The van der Waals surface area contributed by atoms with Gasteiger partial charge in [-0.05, 0) is 31.0 Å². The molecule has 1 aliphatic rings. The van der Waals surface area contributed by atoms with Crippen molar-refractivity contribution < 1.29 is 9.53 Å². The van der Waals surface area contributed by atoms with Gasteiger partial charge in [-0.3, -0.25) is 4.79 Å². The zero-order valence-electron chi connectivity index (χ0n) is 10.8. The molecular weight excluding hydrogens is 294 g/mol. The number of carbonyl (C=O) groups is 1. The Balaban J connectivity index is 2.27. The fraction of sp³-hybridized carbons (Fsp3) is 0.500. The van der Waals surface area contributed by atoms with Gasteiger partial charge < -0.3 is 9.64 Å². The van der Waals surface area contributed by atoms with Crippen LogP contribution < -0.4 is 0 Å². The number of hydrogen-bond donors (Lipinski definition) is 0. The molecule has 0 spiro atoms. The molecule has 1 aromatic carbocycles. The molecule has 1 fully saturated rings. The highest BCUT2D eigenvalue weighted by Gasteiger charge is 2.27. The first kappa shape index (κ1) is 13.6. The van der Waals surface area contributed by atoms with Gasteiger partial charge in [-0.25, -0.2) is 0 Å². The van der Waals surface area contributed by atoms with E-state index in [-0.39, 0.29) is 11.9 Å². The van der Waals surface area contributed by atoms with Crippen LogP contribution in [0, 0.1) is 6.92 Å². The van der Waals surface area contributed by atoms with Gasteiger partial charge in [0.15, 0.2) is 0 Å². The molecule has 0 N–H and O–H groups in total. The van der Waals surface area contributed by atoms with E-state index in [4.69, 9.17) is 4.74 Å². The maximum atomic E-state index is 12.6. The molecule has 18 heavy (non-hydrogen) atoms. The molecule has 0 aromatic heterocycles. The topological polar surface area (TPSA) is 29.5 Å². The third-order valence-electron chi connectivity index (χ3n) is 3.46. The van der Waals surface area contributed by atoms with Crippen LogP contribution in [0.15, 0.2) is 22.7 Å². The quantitative estimate of drug-likeness (QED) is 0.840. The van der Waals surface area contributed by atoms with E-state index in [9.17, 15) is 4.79 Å². The number of rotatable bonds is 2. The fourth-order valence-corrected chi connectivity index (χ4v) is 2.62. The highest BCUT2D eigenvalue weighted by molar-refractivity contribution is 9.10. The minimum Gasteiger partial charge on any atom is -0.377 e. The van der Waals surface area contributed by atoms with Crippen molar-refractivity contribution in [3.05, 3.63) is 33.8 Å². The van der Waals surface area contributed by atoms with Crippen molar-refractivity contribution in [2.24, 2.45) is 0 Å². The second-order valence-electron chi connectivity index (χ2n) is 4.55. The molecule has 1 aromatic rings. The Morgan fingerprint density at radius 3 is 3.06 bits per heavy atom. The number of morpholine rings is 1. The average molecular weight is 312 g/mol. The summed E-state index contributed by atoms with van der Waals surface area (Å²) in [6, 6.07) is 5.96. The summed E-state index contributed by atoms with van der Waals surface area (Å²) < 4.78 is 6.42. The van der Waals surface area contributed by atoms with Gasteiger partial charge in [-0.15, -0.1) is 0 Å². The van der Waals surface area contributed by atoms with Gasteiger partial charge in [0.05, 0.1) is 19.3 Å². The first-order valence-corrected chi connectivity index (χ1v) is 7.08. The average Bonchev–Trinajstić information content (AvgIpc) is 2.41. The first-order valence-electron chi connectivity index (χ1n) is 6.29. The van der Waals surface area contributed by atoms with Crippen molar-refractivity contribution in [3.63, 3.8) is 0 Å². The highest BCUT2D eigenvalue weighted by atomic mass is 79.9. The molecule has 1 heterocycles. The maximum Gasteiger partial charge on any atom is 0.254 e. The van der Waals surface area contributed by atoms with Gasteiger partial charge in [-0.2, -0.15) is 0 Å². The van der Waals surface area contributed by atoms with Crippen LogP contribution in [-0.4, -0.2) is 36.6 Å². The standard InChI is InChI=1S/C14H18BrNO2/c1-3-11-9-18-8-7-16(11)14(17)12-5-4-6-13(15)10(12)2/h4-6,11H,3,7-9H2,1-2H3. The molecule has 2 rings (SSSR count). The normalized spacial score (nSPS) is 19.9. The lowest BCUT2D eigenvalue weighted by Crippen LogP contribution is -2.48. The lowest BCUT2D eigenvalue weighted by atomic mass is 10.1. The zero-order chi connectivity index (χ0) is 13.1. The molecule has 98 valence electrons. The number of ether oxygens (including phenoxy) is 1. The third-order valence-corrected chi connectivity index (χ3v) is 4.32. The minimum atomic E-state index is 0.115. The van der Waals surface area contributed by atoms with Gasteiger partial charge in [0.2, 0.25) is 0 Å². The smallest absolute Gasteiger partial charge is 0.254 e. The first-order chi connectivity index (χ1) is 8.65. The molecule has 0 saturated carbocycles. The van der Waals surface area contributed by atoms with E-state index < -0.39 is 0 Å². The SMILES string of the molecule is CCC1COCCN1C(=O)c1cccc(Br)c1C. The van der Waals surface area contributed by atoms with E-state index in [1.165, 1.54) is 0 Å². The second-order valence-corrected chi connectivity index (χ2v) is 5.40. The van der Waals surface area contributed by atoms with E-state index in [2.05, 4.69) is 22.9 Å². The fourth-order valence-electron chi connectivity index (χ4n) is 2.25. The Kier molecular flexibility index (Phi) is 4.40. The predicted octanol–water partition coefficient (Wildman–Crippen LogP) is 3.01. The van der Waals surface area contributed by atoms with Crippen LogP contribution in [0.5, 0.6) is 0 Å². The Morgan fingerprint density at radius 2 is 2.33 bits per heavy atom. The molecule has 1 unspecified atom stereocenters. The summed E-state index contributed by atoms with van der Waals surface area (Å²) in [6.07, 6.45) is 0.929. The Bertz CT molecular complexity index is 447. The number of halogens is 1. The van der Waals surface area contributed by atoms with E-state index >= 15 is 0 Å². The van der Waals surface area contributed by atoms with E-state index in [1.807, 2.05) is 30.0 Å². The van der Waals surface area contributed by atoms with Crippen LogP contribution in [-0.2, 0) is 4.74 Å². The summed E-state index contributed by atoms with van der Waals surface area (Å²) in [7, 11) is 0. The molecule has 0 bridgehead atoms. The van der Waals surface area contributed by atoms with Gasteiger partial charge in [0.25, 0.3) is 5.91 Å². The van der Waals surface area contributed by atoms with Crippen molar-refractivity contribution in [2.45, 2.75) is 26.3 Å². The van der Waals surface area contributed by atoms with Crippen LogP contribution in [0.1, 0.15) is 29.3 Å². The van der Waals surface area contributed by atoms with Crippen molar-refractivity contribution >= 4 is 21.8 Å². The van der Waals surface area contributed by atoms with E-state index in [1.54, 1.807) is 0 Å². The number of amides is 1. The van der Waals surface area contributed by atoms with Crippen molar-refractivity contribution in [1.82, 2.24) is 4.90 Å². The molecule has 1 atom stereocenters. The predicted molar refractivity (Wildman–Crippen MR) is 74.8 cm³/mol. The van der Waals surface area contributed by atoms with Crippen molar-refractivity contribution in [2.75, 3.05) is 19.8 Å². The van der Waals surface area contributed by atoms with Crippen LogP contribution >= 0.6 is 15.9 Å². The Morgan fingerprint density at radius 1 is 1.56 bits per heavy atom. The van der Waals surface area contributed by atoms with Crippen molar-refractivity contribution in [3.8, 4) is 0 Å². The Labute approximate surface area is 116 Å². The summed E-state index contributed by atoms with van der Waals surface area (Å²) in [5.41, 5.74) is 1.79. The van der Waals surface area contributed by atoms with Gasteiger partial charge in [-0.1, -0.05) is 28.9 Å². The van der Waals surface area contributed by atoms with Gasteiger partial charge in [0, 0.05) is 16.6 Å². The van der Waals surface area contributed by atoms with E-state index in [0.717, 1.165) is 22.0 Å². The second kappa shape index (κ2) is 5.85. The summed E-state index contributed by atoms with van der Waals surface area (Å²) in [4.78, 5) is 14.5. The number of benzene rings is 1. The number of nitrogens with zero attached hydrogens (tertiary/aromatic N) is 1. The molecule has 0 radical (unpaired) electrons. The van der Waals surface area contributed by atoms with Crippen LogP contribution in [0.3, 0.4) is 0 Å². The van der Waals surface area contributed by atoms with Crippen LogP contribution in [0.25, 0.3) is 0 Å². The summed E-state index contributed by atoms with van der Waals surface area (Å²) >= 11 is 3.48. The summed E-state index contributed by atoms with van der Waals surface area (Å²) in [5, 5.41) is 0. The largest absolute Gasteiger partial charge is 0.377 e. The van der Waals surface area contributed by atoms with E-state index in [0.29, 0.717) is 19.8 Å². The zero-order valence-corrected chi connectivity index (χ0v) is 12.4. The molecule has 1 saturated heterocycles. The number of carbonyl (C=O) groups excluding carboxylic acids is 1. The lowest BCUT2D eigenvalue weighted by Gasteiger charge is -2.35. The van der Waals surface area contributed by atoms with Gasteiger partial charge >= 0.3 is 0 Å². The number of hydrogen-bond acceptors (Lipinski definition) is 2. The monoisotopic (exact) mass is 311 g/mol. The molecule has 4 heteroatoms. The van der Waals surface area contributed by atoms with Gasteiger partial charge in [0.1, 0.15) is 0 Å². The summed E-state index contributed by atoms with van der Waals surface area (Å²) in [5.74, 6) is 0.115. The molecular formula is C14H18BrNO2. The molecule has 1 amide bonds. The molecule has 0 aliphatic carbocycles. The minimum absolute atomic E-state index is 0.115. The summed E-state index contributed by atoms with van der Waals surface area (Å²) in [6.45, 7) is 6.03. The Hall–Kier alpha value is -0.870. The van der Waals surface area contributed by atoms with Crippen molar-refractivity contribution in [1.29, 1.82) is 0 Å².